The van der Waals surface area contributed by atoms with Gasteiger partial charge in [0, 0.05) is 0 Å². The first-order chi connectivity index (χ1) is 13.4. The van der Waals surface area contributed by atoms with Crippen molar-refractivity contribution in [2.75, 3.05) is 19.8 Å². The highest BCUT2D eigenvalue weighted by Gasteiger charge is 2.10. The van der Waals surface area contributed by atoms with Crippen LogP contribution in [-0.2, 0) is 22.7 Å². The van der Waals surface area contributed by atoms with Crippen LogP contribution in [0, 0.1) is 11.8 Å². The summed E-state index contributed by atoms with van der Waals surface area (Å²) in [4.78, 5) is 31.4. The van der Waals surface area contributed by atoms with Crippen molar-refractivity contribution in [3.8, 4) is 11.8 Å². The Morgan fingerprint density at radius 3 is 2.00 bits per heavy atom. The molecule has 10 heteroatoms. The van der Waals surface area contributed by atoms with Crippen LogP contribution in [0.15, 0.2) is 34.9 Å². The average Bonchev–Trinajstić information content (AvgIpc) is 2.54. The smallest absolute Gasteiger partial charge is 0.272 e. The summed E-state index contributed by atoms with van der Waals surface area (Å²) in [6.07, 6.45) is 10.5. The summed E-state index contributed by atoms with van der Waals surface area (Å²) >= 11 is 0. The van der Waals surface area contributed by atoms with Crippen molar-refractivity contribution in [1.29, 1.82) is 0 Å². The van der Waals surface area contributed by atoms with E-state index in [4.69, 9.17) is 4.74 Å². The van der Waals surface area contributed by atoms with E-state index in [1.54, 1.807) is 0 Å². The maximum absolute atomic E-state index is 11.0. The van der Waals surface area contributed by atoms with Gasteiger partial charge in [-0.05, 0) is 53.4 Å². The predicted molar refractivity (Wildman–Crippen MR) is 106 cm³/mol. The van der Waals surface area contributed by atoms with Crippen LogP contribution in [0.1, 0.15) is 53.4 Å². The van der Waals surface area contributed by atoms with E-state index < -0.39 is 22.3 Å². The predicted octanol–water partition coefficient (Wildman–Crippen LogP) is 2.76. The first-order valence-corrected chi connectivity index (χ1v) is 12.0. The van der Waals surface area contributed by atoms with Crippen LogP contribution in [0.5, 0.6) is 0 Å². The molecule has 0 aromatic carbocycles. The van der Waals surface area contributed by atoms with Crippen LogP contribution in [-0.4, -0.2) is 19.8 Å². The molecular weight excluding hydrogens is 418 g/mol. The Labute approximate surface area is 173 Å². The van der Waals surface area contributed by atoms with E-state index in [-0.39, 0.29) is 6.61 Å². The van der Waals surface area contributed by atoms with Crippen LogP contribution in [0.2, 0.25) is 0 Å². The Hall–Kier alpha value is -1.00. The summed E-state index contributed by atoms with van der Waals surface area (Å²) in [6.45, 7) is 8.12. The standard InChI is InChI=1S/C19H32O8P2/c1-17(2)9-7-10-18(3)11-8-12-19(4)13-16-25-14-5-6-15-26-29(23,24)27-28(20,21)22/h9,11,13H,7-8,10,12,14-16H2,1-4H3,(H,23,24)(H2,20,21,22)/p-3/b18-11+,19-13+. The van der Waals surface area contributed by atoms with Gasteiger partial charge in [0.1, 0.15) is 13.2 Å². The van der Waals surface area contributed by atoms with Gasteiger partial charge in [0.25, 0.3) is 7.82 Å². The summed E-state index contributed by atoms with van der Waals surface area (Å²) in [5.74, 6) is 4.81. The van der Waals surface area contributed by atoms with E-state index in [0.29, 0.717) is 6.61 Å². The third kappa shape index (κ3) is 20.1. The Morgan fingerprint density at radius 2 is 1.41 bits per heavy atom. The largest absolute Gasteiger partial charge is 0.790 e. The topological polar surface area (TPSA) is 131 Å². The van der Waals surface area contributed by atoms with Crippen molar-refractivity contribution in [2.24, 2.45) is 0 Å². The Morgan fingerprint density at radius 1 is 0.862 bits per heavy atom. The Bertz CT molecular complexity index is 733. The lowest BCUT2D eigenvalue weighted by atomic mass is 10.1. The maximum Gasteiger partial charge on any atom is 0.272 e. The molecule has 0 bridgehead atoms. The van der Waals surface area contributed by atoms with Crippen LogP contribution in [0.3, 0.4) is 0 Å². The Balaban J connectivity index is 3.98. The quantitative estimate of drug-likeness (QED) is 0.182. The second kappa shape index (κ2) is 14.9. The fraction of sp³-hybridized carbons (Fsp3) is 0.579. The van der Waals surface area contributed by atoms with E-state index in [1.807, 2.05) is 13.0 Å². The lowest BCUT2D eigenvalue weighted by molar-refractivity contribution is -0.339. The van der Waals surface area contributed by atoms with Gasteiger partial charge in [-0.25, -0.2) is 0 Å². The van der Waals surface area contributed by atoms with Crippen molar-refractivity contribution in [2.45, 2.75) is 53.4 Å². The molecule has 0 spiro atoms. The molecule has 0 rings (SSSR count). The zero-order chi connectivity index (χ0) is 22.3. The molecule has 0 aromatic rings. The minimum Gasteiger partial charge on any atom is -0.790 e. The minimum atomic E-state index is -5.68. The van der Waals surface area contributed by atoms with E-state index in [9.17, 15) is 23.8 Å². The molecule has 0 aromatic heterocycles. The molecule has 1 atom stereocenters. The van der Waals surface area contributed by atoms with Gasteiger partial charge in [-0.15, -0.1) is 0 Å². The molecule has 0 saturated heterocycles. The van der Waals surface area contributed by atoms with E-state index in [2.05, 4.69) is 53.6 Å². The zero-order valence-electron chi connectivity index (χ0n) is 17.3. The Kier molecular flexibility index (Phi) is 14.4. The molecule has 0 aliphatic carbocycles. The first-order valence-electron chi connectivity index (χ1n) is 9.08. The van der Waals surface area contributed by atoms with Gasteiger partial charge in [-0.3, -0.25) is 8.88 Å². The van der Waals surface area contributed by atoms with E-state index >= 15 is 0 Å². The maximum atomic E-state index is 11.0. The molecule has 0 aliphatic heterocycles. The number of rotatable bonds is 13. The van der Waals surface area contributed by atoms with Crippen LogP contribution < -0.4 is 14.7 Å². The van der Waals surface area contributed by atoms with Crippen molar-refractivity contribution in [3.05, 3.63) is 34.9 Å². The third-order valence-electron chi connectivity index (χ3n) is 3.47. The van der Waals surface area contributed by atoms with Crippen molar-refractivity contribution >= 4 is 15.6 Å². The number of ether oxygens (including phenoxy) is 1. The van der Waals surface area contributed by atoms with Gasteiger partial charge in [0.2, 0.25) is 0 Å². The second-order valence-electron chi connectivity index (χ2n) is 6.58. The van der Waals surface area contributed by atoms with Gasteiger partial charge >= 0.3 is 0 Å². The highest BCUT2D eigenvalue weighted by Crippen LogP contribution is 2.50. The van der Waals surface area contributed by atoms with Gasteiger partial charge in [-0.1, -0.05) is 46.8 Å². The number of phosphoric acid groups is 2. The zero-order valence-corrected chi connectivity index (χ0v) is 19.1. The molecule has 0 N–H and O–H groups in total. The second-order valence-corrected chi connectivity index (χ2v) is 9.28. The molecule has 0 fully saturated rings. The first kappa shape index (κ1) is 28.0. The molecule has 29 heavy (non-hydrogen) atoms. The number of allylic oxidation sites excluding steroid dienone is 5. The third-order valence-corrected chi connectivity index (χ3v) is 5.51. The summed E-state index contributed by atoms with van der Waals surface area (Å²) < 4.78 is 33.8. The van der Waals surface area contributed by atoms with Crippen LogP contribution >= 0.6 is 15.6 Å². The summed E-state index contributed by atoms with van der Waals surface area (Å²) in [7, 11) is -10.9. The molecule has 166 valence electrons. The SMILES string of the molecule is CC(C)=CCC/C(C)=C/CC/C(C)=C/COCC#CCOP(=O)([O-])OP(=O)([O-])[O-]. The summed E-state index contributed by atoms with van der Waals surface area (Å²) in [5.41, 5.74) is 3.91. The molecule has 0 heterocycles. The summed E-state index contributed by atoms with van der Waals surface area (Å²) in [6, 6.07) is 0. The van der Waals surface area contributed by atoms with Gasteiger partial charge in [0.05, 0.1) is 14.4 Å². The van der Waals surface area contributed by atoms with Crippen LogP contribution in [0.4, 0.5) is 0 Å². The number of phosphoric ester groups is 1. The highest BCUT2D eigenvalue weighted by molar-refractivity contribution is 7.58. The van der Waals surface area contributed by atoms with Crippen molar-refractivity contribution in [1.82, 2.24) is 0 Å². The lowest BCUT2D eigenvalue weighted by Gasteiger charge is -2.34. The molecule has 0 saturated carbocycles. The van der Waals surface area contributed by atoms with Crippen LogP contribution in [0.25, 0.3) is 0 Å². The molecular formula is C19H29O8P2-3. The highest BCUT2D eigenvalue weighted by atomic mass is 31.3. The molecule has 1 unspecified atom stereocenters. The average molecular weight is 447 g/mol. The van der Waals surface area contributed by atoms with Gasteiger partial charge < -0.3 is 28.5 Å². The van der Waals surface area contributed by atoms with Gasteiger partial charge in [0.15, 0.2) is 0 Å². The normalized spacial score (nSPS) is 14.7. The number of hydrogen-bond donors (Lipinski definition) is 0. The minimum absolute atomic E-state index is 0.0438. The van der Waals surface area contributed by atoms with Crippen molar-refractivity contribution in [3.63, 3.8) is 0 Å². The van der Waals surface area contributed by atoms with Gasteiger partial charge in [-0.2, -0.15) is 0 Å². The fourth-order valence-corrected chi connectivity index (χ4v) is 3.40. The molecule has 8 nitrogen and oxygen atoms in total. The molecule has 0 aliphatic rings. The monoisotopic (exact) mass is 447 g/mol. The van der Waals surface area contributed by atoms with Crippen molar-refractivity contribution < 1.29 is 37.4 Å². The molecule has 0 amide bonds. The molecule has 0 radical (unpaired) electrons. The van der Waals surface area contributed by atoms with E-state index in [1.165, 1.54) is 16.7 Å². The summed E-state index contributed by atoms with van der Waals surface area (Å²) in [5, 5.41) is 0. The fourth-order valence-electron chi connectivity index (χ4n) is 2.01. The lowest BCUT2D eigenvalue weighted by Crippen LogP contribution is -2.19. The number of hydrogen-bond acceptors (Lipinski definition) is 8. The van der Waals surface area contributed by atoms with E-state index in [0.717, 1.165) is 25.7 Å².